The van der Waals surface area contributed by atoms with E-state index >= 15 is 0 Å². The number of para-hydroxylation sites is 1. The largest absolute Gasteiger partial charge is 0.347 e. The van der Waals surface area contributed by atoms with Crippen LogP contribution in [0.25, 0.3) is 5.69 Å². The highest BCUT2D eigenvalue weighted by Crippen LogP contribution is 2.35. The summed E-state index contributed by atoms with van der Waals surface area (Å²) in [6.45, 7) is 0.405. The zero-order valence-electron chi connectivity index (χ0n) is 15.2. The molecule has 0 unspecified atom stereocenters. The number of rotatable bonds is 5. The maximum absolute atomic E-state index is 12.5. The number of nitrogens with zero attached hydrogens (tertiary/aromatic N) is 2. The first kappa shape index (κ1) is 18.3. The van der Waals surface area contributed by atoms with E-state index in [1.165, 1.54) is 0 Å². The molecule has 1 aromatic heterocycles. The van der Waals surface area contributed by atoms with Crippen molar-refractivity contribution in [1.29, 1.82) is 0 Å². The fraction of sp³-hybridized carbons (Fsp3) is 0.190. The van der Waals surface area contributed by atoms with Gasteiger partial charge >= 0.3 is 11.8 Å². The molecule has 2 N–H and O–H groups in total. The third-order valence-electron chi connectivity index (χ3n) is 4.53. The van der Waals surface area contributed by atoms with E-state index in [-0.39, 0.29) is 0 Å². The number of thioether (sulfide) groups is 1. The molecule has 1 aliphatic heterocycles. The van der Waals surface area contributed by atoms with Crippen LogP contribution in [0.2, 0.25) is 0 Å². The summed E-state index contributed by atoms with van der Waals surface area (Å²) in [5.74, 6) is 0.838. The Morgan fingerprint density at radius 2 is 1.68 bits per heavy atom. The summed E-state index contributed by atoms with van der Waals surface area (Å²) in [7, 11) is 0. The van der Waals surface area contributed by atoms with E-state index in [1.54, 1.807) is 16.4 Å². The van der Waals surface area contributed by atoms with Crippen LogP contribution in [0.1, 0.15) is 16.8 Å². The molecule has 0 spiro atoms. The first-order chi connectivity index (χ1) is 13.7. The molecule has 4 rings (SSSR count). The molecule has 0 aliphatic carbocycles. The van der Waals surface area contributed by atoms with Crippen molar-refractivity contribution in [3.63, 3.8) is 0 Å². The third kappa shape index (κ3) is 3.94. The van der Waals surface area contributed by atoms with Gasteiger partial charge < -0.3 is 10.6 Å². The van der Waals surface area contributed by atoms with Crippen LogP contribution < -0.4 is 10.6 Å². The lowest BCUT2D eigenvalue weighted by Crippen LogP contribution is -2.37. The molecule has 0 radical (unpaired) electrons. The zero-order chi connectivity index (χ0) is 19.3. The Bertz CT molecular complexity index is 986. The van der Waals surface area contributed by atoms with Gasteiger partial charge in [0, 0.05) is 23.6 Å². The van der Waals surface area contributed by atoms with E-state index in [0.29, 0.717) is 18.8 Å². The van der Waals surface area contributed by atoms with Gasteiger partial charge in [-0.1, -0.05) is 48.5 Å². The van der Waals surface area contributed by atoms with Crippen molar-refractivity contribution in [1.82, 2.24) is 15.1 Å². The molecule has 6 nitrogen and oxygen atoms in total. The maximum atomic E-state index is 12.5. The van der Waals surface area contributed by atoms with Crippen LogP contribution in [0.5, 0.6) is 0 Å². The first-order valence-corrected chi connectivity index (χ1v) is 10.2. The van der Waals surface area contributed by atoms with E-state index in [9.17, 15) is 9.59 Å². The molecular formula is C21H20N4O2S. The Hall–Kier alpha value is -3.06. The van der Waals surface area contributed by atoms with Crippen molar-refractivity contribution >= 4 is 29.4 Å². The molecule has 2 amide bonds. The molecule has 0 atom stereocenters. The van der Waals surface area contributed by atoms with Gasteiger partial charge in [-0.15, -0.1) is 0 Å². The van der Waals surface area contributed by atoms with Crippen molar-refractivity contribution < 1.29 is 9.59 Å². The Morgan fingerprint density at radius 1 is 0.964 bits per heavy atom. The standard InChI is InChI=1S/C21H20N4O2S/c26-20(22-12-11-15-7-3-1-4-8-15)21(27)23-19-17-13-28-14-18(17)24-25(19)16-9-5-2-6-10-16/h1-10H,11-14H2,(H,22,26)(H,23,27). The minimum absolute atomic E-state index is 0.405. The minimum atomic E-state index is -0.676. The minimum Gasteiger partial charge on any atom is -0.347 e. The lowest BCUT2D eigenvalue weighted by atomic mass is 10.1. The molecule has 0 saturated carbocycles. The number of benzene rings is 2. The number of anilines is 1. The van der Waals surface area contributed by atoms with E-state index in [4.69, 9.17) is 0 Å². The summed E-state index contributed by atoms with van der Waals surface area (Å²) >= 11 is 1.75. The number of carbonyl (C=O) groups excluding carboxylic acids is 2. The molecule has 0 fully saturated rings. The van der Waals surface area contributed by atoms with Gasteiger partial charge in [-0.05, 0) is 24.1 Å². The van der Waals surface area contributed by atoms with Crippen molar-refractivity contribution in [3.05, 3.63) is 77.5 Å². The van der Waals surface area contributed by atoms with Crippen LogP contribution in [-0.4, -0.2) is 28.1 Å². The summed E-state index contributed by atoms with van der Waals surface area (Å²) in [4.78, 5) is 24.7. The van der Waals surface area contributed by atoms with Crippen molar-refractivity contribution in [2.24, 2.45) is 0 Å². The molecule has 142 valence electrons. The number of nitrogens with one attached hydrogen (secondary N) is 2. The Balaban J connectivity index is 1.45. The van der Waals surface area contributed by atoms with Crippen LogP contribution in [0.4, 0.5) is 5.82 Å². The normalized spacial score (nSPS) is 12.4. The summed E-state index contributed by atoms with van der Waals surface area (Å²) < 4.78 is 1.71. The zero-order valence-corrected chi connectivity index (χ0v) is 16.0. The average Bonchev–Trinajstić information content (AvgIpc) is 3.32. The fourth-order valence-corrected chi connectivity index (χ4v) is 4.14. The highest BCUT2D eigenvalue weighted by Gasteiger charge is 2.26. The molecule has 2 heterocycles. The Labute approximate surface area is 167 Å². The predicted octanol–water partition coefficient (Wildman–Crippen LogP) is 2.92. The highest BCUT2D eigenvalue weighted by atomic mass is 32.2. The summed E-state index contributed by atoms with van der Waals surface area (Å²) in [5, 5.41) is 10.1. The number of hydrogen-bond donors (Lipinski definition) is 2. The topological polar surface area (TPSA) is 76.0 Å². The predicted molar refractivity (Wildman–Crippen MR) is 110 cm³/mol. The molecule has 28 heavy (non-hydrogen) atoms. The first-order valence-electron chi connectivity index (χ1n) is 9.09. The number of hydrogen-bond acceptors (Lipinski definition) is 4. The second-order valence-corrected chi connectivity index (χ2v) is 7.45. The van der Waals surface area contributed by atoms with E-state index in [0.717, 1.165) is 34.0 Å². The van der Waals surface area contributed by atoms with E-state index < -0.39 is 11.8 Å². The number of fused-ring (bicyclic) bond motifs is 1. The van der Waals surface area contributed by atoms with E-state index in [2.05, 4.69) is 15.7 Å². The van der Waals surface area contributed by atoms with Gasteiger partial charge in [0.2, 0.25) is 0 Å². The smallest absolute Gasteiger partial charge is 0.314 e. The van der Waals surface area contributed by atoms with Crippen molar-refractivity contribution in [2.45, 2.75) is 17.9 Å². The Morgan fingerprint density at radius 3 is 2.43 bits per heavy atom. The summed E-state index contributed by atoms with van der Waals surface area (Å²) in [6, 6.07) is 19.4. The molecular weight excluding hydrogens is 372 g/mol. The van der Waals surface area contributed by atoms with Gasteiger partial charge in [-0.2, -0.15) is 16.9 Å². The number of amides is 2. The van der Waals surface area contributed by atoms with E-state index in [1.807, 2.05) is 60.7 Å². The van der Waals surface area contributed by atoms with Crippen LogP contribution in [0.15, 0.2) is 60.7 Å². The number of aromatic nitrogens is 2. The van der Waals surface area contributed by atoms with Gasteiger partial charge in [-0.3, -0.25) is 9.59 Å². The lowest BCUT2D eigenvalue weighted by molar-refractivity contribution is -0.136. The van der Waals surface area contributed by atoms with Crippen LogP contribution >= 0.6 is 11.8 Å². The molecule has 7 heteroatoms. The third-order valence-corrected chi connectivity index (χ3v) is 5.50. The van der Waals surface area contributed by atoms with Crippen molar-refractivity contribution in [3.8, 4) is 5.69 Å². The monoisotopic (exact) mass is 392 g/mol. The maximum Gasteiger partial charge on any atom is 0.314 e. The molecule has 0 saturated heterocycles. The van der Waals surface area contributed by atoms with Gasteiger partial charge in [0.25, 0.3) is 0 Å². The molecule has 3 aromatic rings. The van der Waals surface area contributed by atoms with Crippen molar-refractivity contribution in [2.75, 3.05) is 11.9 Å². The van der Waals surface area contributed by atoms with Crippen LogP contribution in [0.3, 0.4) is 0 Å². The number of carbonyl (C=O) groups is 2. The molecule has 0 bridgehead atoms. The summed E-state index contributed by atoms with van der Waals surface area (Å²) in [6.07, 6.45) is 0.674. The summed E-state index contributed by atoms with van der Waals surface area (Å²) in [5.41, 5.74) is 3.90. The molecule has 1 aliphatic rings. The average molecular weight is 392 g/mol. The van der Waals surface area contributed by atoms with Gasteiger partial charge in [0.15, 0.2) is 0 Å². The second-order valence-electron chi connectivity index (χ2n) is 6.46. The quantitative estimate of drug-likeness (QED) is 0.655. The van der Waals surface area contributed by atoms with Crippen LogP contribution in [-0.2, 0) is 27.5 Å². The SMILES string of the molecule is O=C(NCCc1ccccc1)C(=O)Nc1c2c(nn1-c1ccccc1)CSC2. The highest BCUT2D eigenvalue weighted by molar-refractivity contribution is 7.98. The van der Waals surface area contributed by atoms with Gasteiger partial charge in [-0.25, -0.2) is 4.68 Å². The Kier molecular flexibility index (Phi) is 5.43. The second kappa shape index (κ2) is 8.31. The lowest BCUT2D eigenvalue weighted by Gasteiger charge is -2.11. The van der Waals surface area contributed by atoms with Gasteiger partial charge in [0.1, 0.15) is 5.82 Å². The fourth-order valence-electron chi connectivity index (χ4n) is 3.11. The molecule has 2 aromatic carbocycles. The van der Waals surface area contributed by atoms with Gasteiger partial charge in [0.05, 0.1) is 11.4 Å². The van der Waals surface area contributed by atoms with Crippen LogP contribution in [0, 0.1) is 0 Å².